The van der Waals surface area contributed by atoms with E-state index in [9.17, 15) is 0 Å². The van der Waals surface area contributed by atoms with Crippen molar-refractivity contribution < 1.29 is 4.42 Å². The molecule has 28 heavy (non-hydrogen) atoms. The van der Waals surface area contributed by atoms with E-state index in [0.717, 1.165) is 16.6 Å². The third-order valence-corrected chi connectivity index (χ3v) is 5.99. The number of rotatable bonds is 0. The topological polar surface area (TPSA) is 28.9 Å². The van der Waals surface area contributed by atoms with Gasteiger partial charge in [0.1, 0.15) is 11.2 Å². The Bertz CT molecular complexity index is 1720. The zero-order valence-electron chi connectivity index (χ0n) is 15.0. The number of hydrogen-bond donors (Lipinski definition) is 1. The standard InChI is InChI=1S/C26H15NO/c1-2-9-18-16(8-1)23-20(24-19-10-4-6-12-22(19)28-26(18)24)14-13-17-15-7-3-5-11-21(15)27-25(17)23/h1-14,27H. The van der Waals surface area contributed by atoms with Gasteiger partial charge in [-0.15, -0.1) is 0 Å². The van der Waals surface area contributed by atoms with Gasteiger partial charge in [0, 0.05) is 37.8 Å². The van der Waals surface area contributed by atoms with Crippen LogP contribution >= 0.6 is 0 Å². The number of aromatic amines is 1. The van der Waals surface area contributed by atoms with E-state index in [1.165, 1.54) is 48.7 Å². The normalized spacial score (nSPS) is 12.3. The molecule has 2 aromatic heterocycles. The summed E-state index contributed by atoms with van der Waals surface area (Å²) >= 11 is 0. The molecule has 1 N–H and O–H groups in total. The fraction of sp³-hybridized carbons (Fsp3) is 0. The van der Waals surface area contributed by atoms with Crippen LogP contribution in [-0.2, 0) is 0 Å². The Hall–Kier alpha value is -3.78. The molecule has 2 heterocycles. The van der Waals surface area contributed by atoms with Gasteiger partial charge < -0.3 is 9.40 Å². The molecule has 7 rings (SSSR count). The maximum atomic E-state index is 6.33. The number of furan rings is 1. The van der Waals surface area contributed by atoms with Crippen LogP contribution in [-0.4, -0.2) is 4.98 Å². The summed E-state index contributed by atoms with van der Waals surface area (Å²) in [6.07, 6.45) is 0. The van der Waals surface area contributed by atoms with Crippen molar-refractivity contribution in [3.63, 3.8) is 0 Å². The molecule has 0 aliphatic rings. The Kier molecular flexibility index (Phi) is 2.52. The van der Waals surface area contributed by atoms with E-state index in [-0.39, 0.29) is 0 Å². The largest absolute Gasteiger partial charge is 0.455 e. The molecule has 7 aromatic rings. The van der Waals surface area contributed by atoms with Gasteiger partial charge in [0.2, 0.25) is 0 Å². The van der Waals surface area contributed by atoms with Crippen LogP contribution in [0.15, 0.2) is 89.3 Å². The SMILES string of the molecule is c1ccc2c(c1)[nH]c1c2ccc2c1c1ccccc1c1oc3ccccc3c21. The fourth-order valence-electron chi connectivity index (χ4n) is 4.81. The second kappa shape index (κ2) is 4.93. The molecule has 0 atom stereocenters. The molecule has 0 spiro atoms. The van der Waals surface area contributed by atoms with E-state index in [1.807, 2.05) is 6.07 Å². The Morgan fingerprint density at radius 1 is 0.500 bits per heavy atom. The zero-order valence-corrected chi connectivity index (χ0v) is 15.0. The number of nitrogens with one attached hydrogen (secondary N) is 1. The average molecular weight is 357 g/mol. The van der Waals surface area contributed by atoms with Crippen molar-refractivity contribution in [1.29, 1.82) is 0 Å². The van der Waals surface area contributed by atoms with Crippen LogP contribution in [0.3, 0.4) is 0 Å². The van der Waals surface area contributed by atoms with Crippen LogP contribution in [0.25, 0.3) is 65.3 Å². The molecule has 0 amide bonds. The zero-order chi connectivity index (χ0) is 18.2. The summed E-state index contributed by atoms with van der Waals surface area (Å²) < 4.78 is 6.33. The molecule has 0 radical (unpaired) electrons. The quantitative estimate of drug-likeness (QED) is 0.279. The van der Waals surface area contributed by atoms with Gasteiger partial charge in [0.15, 0.2) is 0 Å². The Morgan fingerprint density at radius 3 is 2.07 bits per heavy atom. The highest BCUT2D eigenvalue weighted by Gasteiger charge is 2.18. The molecule has 130 valence electrons. The molecular formula is C26H15NO. The maximum absolute atomic E-state index is 6.33. The van der Waals surface area contributed by atoms with E-state index in [4.69, 9.17) is 4.42 Å². The van der Waals surface area contributed by atoms with Gasteiger partial charge in [-0.3, -0.25) is 0 Å². The lowest BCUT2D eigenvalue weighted by atomic mass is 9.95. The molecule has 0 unspecified atom stereocenters. The van der Waals surface area contributed by atoms with Crippen LogP contribution in [0.4, 0.5) is 0 Å². The molecule has 0 aliphatic carbocycles. The van der Waals surface area contributed by atoms with Crippen LogP contribution in [0.2, 0.25) is 0 Å². The summed E-state index contributed by atoms with van der Waals surface area (Å²) in [5, 5.41) is 9.78. The monoisotopic (exact) mass is 357 g/mol. The first kappa shape index (κ1) is 14.3. The van der Waals surface area contributed by atoms with E-state index in [2.05, 4.69) is 83.8 Å². The summed E-state index contributed by atoms with van der Waals surface area (Å²) in [4.78, 5) is 3.69. The molecule has 2 nitrogen and oxygen atoms in total. The smallest absolute Gasteiger partial charge is 0.143 e. The van der Waals surface area contributed by atoms with Gasteiger partial charge in [0.25, 0.3) is 0 Å². The number of aromatic nitrogens is 1. The second-order valence-corrected chi connectivity index (χ2v) is 7.43. The van der Waals surface area contributed by atoms with Crippen molar-refractivity contribution in [2.75, 3.05) is 0 Å². The van der Waals surface area contributed by atoms with Crippen molar-refractivity contribution >= 4 is 65.3 Å². The predicted octanol–water partition coefficient (Wildman–Crippen LogP) is 7.53. The third kappa shape index (κ3) is 1.64. The lowest BCUT2D eigenvalue weighted by molar-refractivity contribution is 0.673. The second-order valence-electron chi connectivity index (χ2n) is 7.43. The van der Waals surface area contributed by atoms with Gasteiger partial charge in [-0.25, -0.2) is 0 Å². The summed E-state index contributed by atoms with van der Waals surface area (Å²) in [5.41, 5.74) is 4.28. The summed E-state index contributed by atoms with van der Waals surface area (Å²) in [7, 11) is 0. The van der Waals surface area contributed by atoms with Gasteiger partial charge in [0.05, 0.1) is 5.52 Å². The lowest BCUT2D eigenvalue weighted by Crippen LogP contribution is -1.82. The van der Waals surface area contributed by atoms with E-state index in [0.29, 0.717) is 0 Å². The molecule has 0 bridgehead atoms. The summed E-state index contributed by atoms with van der Waals surface area (Å²) in [6.45, 7) is 0. The van der Waals surface area contributed by atoms with Gasteiger partial charge in [-0.2, -0.15) is 0 Å². The Balaban J connectivity index is 1.88. The van der Waals surface area contributed by atoms with Crippen molar-refractivity contribution in [3.05, 3.63) is 84.9 Å². The number of hydrogen-bond acceptors (Lipinski definition) is 1. The molecule has 0 aliphatic heterocycles. The first-order chi connectivity index (χ1) is 13.9. The number of para-hydroxylation sites is 2. The van der Waals surface area contributed by atoms with Crippen LogP contribution in [0.5, 0.6) is 0 Å². The molecular weight excluding hydrogens is 342 g/mol. The number of benzene rings is 5. The molecule has 2 heteroatoms. The maximum Gasteiger partial charge on any atom is 0.143 e. The number of fused-ring (bicyclic) bond motifs is 12. The fourth-order valence-corrected chi connectivity index (χ4v) is 4.81. The van der Waals surface area contributed by atoms with Crippen molar-refractivity contribution in [1.82, 2.24) is 4.98 Å². The minimum atomic E-state index is 0.937. The van der Waals surface area contributed by atoms with Crippen molar-refractivity contribution in [2.24, 2.45) is 0 Å². The first-order valence-electron chi connectivity index (χ1n) is 9.55. The van der Waals surface area contributed by atoms with Crippen molar-refractivity contribution in [3.8, 4) is 0 Å². The molecule has 5 aromatic carbocycles. The lowest BCUT2D eigenvalue weighted by Gasteiger charge is -2.08. The Labute approximate surface area is 160 Å². The van der Waals surface area contributed by atoms with Gasteiger partial charge in [-0.1, -0.05) is 72.8 Å². The van der Waals surface area contributed by atoms with Crippen LogP contribution in [0.1, 0.15) is 0 Å². The summed E-state index contributed by atoms with van der Waals surface area (Å²) in [5.74, 6) is 0. The predicted molar refractivity (Wildman–Crippen MR) is 118 cm³/mol. The molecule has 0 saturated carbocycles. The number of H-pyrrole nitrogens is 1. The van der Waals surface area contributed by atoms with Gasteiger partial charge >= 0.3 is 0 Å². The molecule has 0 saturated heterocycles. The molecule has 0 fully saturated rings. The average Bonchev–Trinajstić information content (AvgIpc) is 3.32. The summed E-state index contributed by atoms with van der Waals surface area (Å²) in [6, 6.07) is 29.9. The highest BCUT2D eigenvalue weighted by molar-refractivity contribution is 6.35. The van der Waals surface area contributed by atoms with Gasteiger partial charge in [-0.05, 0) is 22.9 Å². The minimum Gasteiger partial charge on any atom is -0.455 e. The third-order valence-electron chi connectivity index (χ3n) is 5.99. The van der Waals surface area contributed by atoms with Crippen molar-refractivity contribution in [2.45, 2.75) is 0 Å². The van der Waals surface area contributed by atoms with E-state index in [1.54, 1.807) is 0 Å². The Morgan fingerprint density at radius 2 is 1.18 bits per heavy atom. The highest BCUT2D eigenvalue weighted by atomic mass is 16.3. The van der Waals surface area contributed by atoms with E-state index < -0.39 is 0 Å². The highest BCUT2D eigenvalue weighted by Crippen LogP contribution is 2.43. The van der Waals surface area contributed by atoms with Crippen LogP contribution < -0.4 is 0 Å². The minimum absolute atomic E-state index is 0.937. The van der Waals surface area contributed by atoms with Crippen LogP contribution in [0, 0.1) is 0 Å². The first-order valence-corrected chi connectivity index (χ1v) is 9.55. The van der Waals surface area contributed by atoms with E-state index >= 15 is 0 Å².